The van der Waals surface area contributed by atoms with Crippen LogP contribution in [0.2, 0.25) is 0 Å². The number of nitrogens with zero attached hydrogens (tertiary/aromatic N) is 4. The Hall–Kier alpha value is -2.98. The number of aryl methyl sites for hydroxylation is 1. The van der Waals surface area contributed by atoms with Crippen LogP contribution in [-0.4, -0.2) is 31.3 Å². The Labute approximate surface area is 149 Å². The summed E-state index contributed by atoms with van der Waals surface area (Å²) in [5.41, 5.74) is 1.77. The van der Waals surface area contributed by atoms with Crippen molar-refractivity contribution in [2.45, 2.75) is 26.3 Å². The van der Waals surface area contributed by atoms with Crippen LogP contribution in [0.15, 0.2) is 36.8 Å². The zero-order valence-corrected chi connectivity index (χ0v) is 15.0. The first-order chi connectivity index (χ1) is 11.9. The van der Waals surface area contributed by atoms with Crippen LogP contribution >= 0.6 is 11.3 Å². The predicted octanol–water partition coefficient (Wildman–Crippen LogP) is 3.35. The lowest BCUT2D eigenvalue weighted by Crippen LogP contribution is -2.44. The normalized spacial score (nSPS) is 11.1. The topological polar surface area (TPSA) is 72.7 Å². The van der Waals surface area contributed by atoms with Crippen molar-refractivity contribution in [1.29, 1.82) is 0 Å². The van der Waals surface area contributed by atoms with Gasteiger partial charge >= 0.3 is 6.03 Å². The third kappa shape index (κ3) is 3.59. The molecule has 0 spiro atoms. The molecule has 0 aliphatic rings. The SMILES string of the molecule is C#CC(C)(C)NC(=O)n1ccc(-c2sc(-c3cccnc3)nc2C)n1. The molecule has 3 aromatic heterocycles. The lowest BCUT2D eigenvalue weighted by atomic mass is 10.1. The molecule has 1 amide bonds. The molecule has 0 fully saturated rings. The molecule has 3 aromatic rings. The number of amides is 1. The van der Waals surface area contributed by atoms with Gasteiger partial charge in [-0.15, -0.1) is 17.8 Å². The smallest absolute Gasteiger partial charge is 0.320 e. The van der Waals surface area contributed by atoms with E-state index in [-0.39, 0.29) is 6.03 Å². The van der Waals surface area contributed by atoms with Gasteiger partial charge < -0.3 is 5.32 Å². The molecular formula is C18H17N5OS. The first-order valence-corrected chi connectivity index (χ1v) is 8.45. The summed E-state index contributed by atoms with van der Waals surface area (Å²) in [6.45, 7) is 5.43. The van der Waals surface area contributed by atoms with Crippen LogP contribution in [0, 0.1) is 19.3 Å². The van der Waals surface area contributed by atoms with Crippen molar-refractivity contribution in [3.05, 3.63) is 42.5 Å². The predicted molar refractivity (Wildman–Crippen MR) is 98.1 cm³/mol. The van der Waals surface area contributed by atoms with Crippen molar-refractivity contribution >= 4 is 17.4 Å². The summed E-state index contributed by atoms with van der Waals surface area (Å²) < 4.78 is 1.25. The molecule has 0 aromatic carbocycles. The Balaban J connectivity index is 1.87. The van der Waals surface area contributed by atoms with Crippen LogP contribution in [-0.2, 0) is 0 Å². The monoisotopic (exact) mass is 351 g/mol. The van der Waals surface area contributed by atoms with E-state index >= 15 is 0 Å². The number of pyridine rings is 1. The van der Waals surface area contributed by atoms with Crippen LogP contribution < -0.4 is 5.32 Å². The molecule has 6 nitrogen and oxygen atoms in total. The van der Waals surface area contributed by atoms with Gasteiger partial charge in [-0.3, -0.25) is 4.98 Å². The number of aromatic nitrogens is 4. The van der Waals surface area contributed by atoms with E-state index in [4.69, 9.17) is 6.42 Å². The molecule has 3 rings (SSSR count). The van der Waals surface area contributed by atoms with E-state index in [2.05, 4.69) is 26.3 Å². The molecule has 0 aliphatic carbocycles. The summed E-state index contributed by atoms with van der Waals surface area (Å²) in [4.78, 5) is 21.9. The molecule has 3 heterocycles. The van der Waals surface area contributed by atoms with Gasteiger partial charge in [0.15, 0.2) is 0 Å². The third-order valence-electron chi connectivity index (χ3n) is 3.52. The maximum absolute atomic E-state index is 12.2. The largest absolute Gasteiger partial charge is 0.343 e. The van der Waals surface area contributed by atoms with Gasteiger partial charge in [0.25, 0.3) is 0 Å². The first kappa shape index (κ1) is 16.9. The van der Waals surface area contributed by atoms with Crippen LogP contribution in [0.5, 0.6) is 0 Å². The Bertz CT molecular complexity index is 950. The van der Waals surface area contributed by atoms with Crippen molar-refractivity contribution in [3.63, 3.8) is 0 Å². The Morgan fingerprint density at radius 3 is 2.88 bits per heavy atom. The Morgan fingerprint density at radius 1 is 1.40 bits per heavy atom. The maximum atomic E-state index is 12.2. The van der Waals surface area contributed by atoms with Gasteiger partial charge in [-0.1, -0.05) is 5.92 Å². The quantitative estimate of drug-likeness (QED) is 0.735. The van der Waals surface area contributed by atoms with Crippen molar-refractivity contribution in [2.24, 2.45) is 0 Å². The lowest BCUT2D eigenvalue weighted by molar-refractivity contribution is 0.234. The molecule has 25 heavy (non-hydrogen) atoms. The van der Waals surface area contributed by atoms with Crippen LogP contribution in [0.3, 0.4) is 0 Å². The minimum atomic E-state index is -0.739. The van der Waals surface area contributed by atoms with E-state index in [1.807, 2.05) is 19.1 Å². The zero-order valence-electron chi connectivity index (χ0n) is 14.1. The fraction of sp³-hybridized carbons (Fsp3) is 0.222. The van der Waals surface area contributed by atoms with Gasteiger partial charge in [0.05, 0.1) is 16.1 Å². The fourth-order valence-electron chi connectivity index (χ4n) is 2.17. The maximum Gasteiger partial charge on any atom is 0.343 e. The highest BCUT2D eigenvalue weighted by Crippen LogP contribution is 2.33. The summed E-state index contributed by atoms with van der Waals surface area (Å²) >= 11 is 1.52. The zero-order chi connectivity index (χ0) is 18.0. The number of rotatable bonds is 3. The number of hydrogen-bond acceptors (Lipinski definition) is 5. The third-order valence-corrected chi connectivity index (χ3v) is 4.74. The summed E-state index contributed by atoms with van der Waals surface area (Å²) in [5.74, 6) is 2.52. The summed E-state index contributed by atoms with van der Waals surface area (Å²) in [6.07, 6.45) is 10.5. The first-order valence-electron chi connectivity index (χ1n) is 7.64. The molecule has 0 aliphatic heterocycles. The van der Waals surface area contributed by atoms with Gasteiger partial charge in [-0.25, -0.2) is 9.78 Å². The molecule has 126 valence electrons. The second-order valence-electron chi connectivity index (χ2n) is 6.02. The standard InChI is InChI=1S/C18H17N5OS/c1-5-18(3,4)21-17(24)23-10-8-14(22-23)15-12(2)20-16(25-15)13-7-6-9-19-11-13/h1,6-11H,2-4H3,(H,21,24). The van der Waals surface area contributed by atoms with Crippen molar-refractivity contribution < 1.29 is 4.79 Å². The molecule has 1 N–H and O–H groups in total. The molecule has 0 saturated heterocycles. The van der Waals surface area contributed by atoms with Gasteiger partial charge in [0.1, 0.15) is 10.7 Å². The van der Waals surface area contributed by atoms with E-state index < -0.39 is 5.54 Å². The van der Waals surface area contributed by atoms with E-state index in [9.17, 15) is 4.79 Å². The molecule has 0 atom stereocenters. The number of carbonyl (C=O) groups is 1. The second kappa shape index (κ2) is 6.49. The highest BCUT2D eigenvalue weighted by Gasteiger charge is 2.20. The van der Waals surface area contributed by atoms with Gasteiger partial charge in [-0.2, -0.15) is 9.78 Å². The second-order valence-corrected chi connectivity index (χ2v) is 7.02. The van der Waals surface area contributed by atoms with E-state index in [0.717, 1.165) is 21.1 Å². The van der Waals surface area contributed by atoms with Gasteiger partial charge in [0, 0.05) is 24.2 Å². The number of thiazole rings is 1. The van der Waals surface area contributed by atoms with Crippen molar-refractivity contribution in [1.82, 2.24) is 25.1 Å². The van der Waals surface area contributed by atoms with Gasteiger partial charge in [0.2, 0.25) is 0 Å². The molecule has 0 radical (unpaired) electrons. The van der Waals surface area contributed by atoms with Crippen molar-refractivity contribution in [2.75, 3.05) is 0 Å². The highest BCUT2D eigenvalue weighted by atomic mass is 32.1. The number of terminal acetylenes is 1. The molecule has 0 saturated carbocycles. The molecule has 0 bridgehead atoms. The molecule has 7 heteroatoms. The van der Waals surface area contributed by atoms with Crippen LogP contribution in [0.4, 0.5) is 4.79 Å². The number of nitrogens with one attached hydrogen (secondary N) is 1. The average Bonchev–Trinajstić information content (AvgIpc) is 3.22. The Morgan fingerprint density at radius 2 is 2.20 bits per heavy atom. The number of hydrogen-bond donors (Lipinski definition) is 1. The highest BCUT2D eigenvalue weighted by molar-refractivity contribution is 7.18. The minimum absolute atomic E-state index is 0.371. The van der Waals surface area contributed by atoms with Crippen molar-refractivity contribution in [3.8, 4) is 33.5 Å². The summed E-state index contributed by atoms with van der Waals surface area (Å²) in [5, 5.41) is 7.96. The number of carbonyl (C=O) groups excluding carboxylic acids is 1. The average molecular weight is 351 g/mol. The van der Waals surface area contributed by atoms with E-state index in [1.54, 1.807) is 38.5 Å². The fourth-order valence-corrected chi connectivity index (χ4v) is 3.19. The molecular weight excluding hydrogens is 334 g/mol. The Kier molecular flexibility index (Phi) is 4.38. The molecule has 0 unspecified atom stereocenters. The summed E-state index contributed by atoms with van der Waals surface area (Å²) in [7, 11) is 0. The van der Waals surface area contributed by atoms with E-state index in [1.165, 1.54) is 16.0 Å². The van der Waals surface area contributed by atoms with Gasteiger partial charge in [-0.05, 0) is 39.0 Å². The summed E-state index contributed by atoms with van der Waals surface area (Å²) in [6, 6.07) is 5.25. The van der Waals surface area contributed by atoms with Crippen LogP contribution in [0.1, 0.15) is 19.5 Å². The van der Waals surface area contributed by atoms with Crippen LogP contribution in [0.25, 0.3) is 21.1 Å². The lowest BCUT2D eigenvalue weighted by Gasteiger charge is -2.18. The van der Waals surface area contributed by atoms with E-state index in [0.29, 0.717) is 5.69 Å². The minimum Gasteiger partial charge on any atom is -0.320 e.